The molecule has 0 atom stereocenters. The first-order valence-electron chi connectivity index (χ1n) is 17.7. The van der Waals surface area contributed by atoms with E-state index in [0.29, 0.717) is 0 Å². The van der Waals surface area contributed by atoms with Crippen molar-refractivity contribution in [3.8, 4) is 33.6 Å². The second kappa shape index (κ2) is 12.7. The van der Waals surface area contributed by atoms with E-state index in [-0.39, 0.29) is 0 Å². The maximum absolute atomic E-state index is 5.51. The number of hydrogen-bond acceptors (Lipinski definition) is 6. The van der Waals surface area contributed by atoms with E-state index < -0.39 is 8.40 Å². The fraction of sp³-hybridized carbons (Fsp3) is 0. The van der Waals surface area contributed by atoms with Crippen LogP contribution < -0.4 is 19.8 Å². The molecule has 6 nitrogen and oxygen atoms in total. The minimum atomic E-state index is -3.55. The lowest BCUT2D eigenvalue weighted by molar-refractivity contribution is 1.19. The van der Waals surface area contributed by atoms with Gasteiger partial charge in [0.15, 0.2) is 0 Å². The molecular formula is C46H32N6Si. The van der Waals surface area contributed by atoms with Gasteiger partial charge in [0.05, 0.1) is 33.4 Å². The van der Waals surface area contributed by atoms with Gasteiger partial charge >= 0.3 is 8.40 Å². The van der Waals surface area contributed by atoms with Gasteiger partial charge in [0.25, 0.3) is 0 Å². The predicted molar refractivity (Wildman–Crippen MR) is 216 cm³/mol. The lowest BCUT2D eigenvalue weighted by Gasteiger charge is -2.41. The summed E-state index contributed by atoms with van der Waals surface area (Å²) in [5, 5.41) is 1.98. The van der Waals surface area contributed by atoms with Crippen LogP contribution >= 0.6 is 0 Å². The average molecular weight is 697 g/mol. The van der Waals surface area contributed by atoms with E-state index in [1.807, 2.05) is 36.7 Å². The summed E-state index contributed by atoms with van der Waals surface area (Å²) in [7, 11) is -3.55. The molecule has 0 amide bonds. The van der Waals surface area contributed by atoms with Gasteiger partial charge < -0.3 is 9.13 Å². The Balaban J connectivity index is 1.37. The molecular weight excluding hydrogens is 665 g/mol. The van der Waals surface area contributed by atoms with Crippen molar-refractivity contribution in [1.29, 1.82) is 0 Å². The van der Waals surface area contributed by atoms with Crippen LogP contribution in [-0.2, 0) is 0 Å². The largest absolute Gasteiger partial charge is 0.381 e. The number of aromatic nitrogens is 4. The second-order valence-corrected chi connectivity index (χ2v) is 16.3. The molecule has 2 aliphatic rings. The van der Waals surface area contributed by atoms with Crippen LogP contribution in [-0.4, -0.2) is 28.3 Å². The van der Waals surface area contributed by atoms with Crippen molar-refractivity contribution in [3.63, 3.8) is 0 Å². The van der Waals surface area contributed by atoms with Crippen molar-refractivity contribution in [2.24, 2.45) is 0 Å². The molecule has 4 aromatic carbocycles. The molecule has 6 heterocycles. The predicted octanol–water partition coefficient (Wildman–Crippen LogP) is 8.69. The van der Waals surface area contributed by atoms with Crippen LogP contribution in [0.15, 0.2) is 194 Å². The first kappa shape index (κ1) is 30.8. The summed E-state index contributed by atoms with van der Waals surface area (Å²) in [6.07, 6.45) is 3.83. The number of pyridine rings is 4. The van der Waals surface area contributed by atoms with Gasteiger partial charge in [-0.1, -0.05) is 146 Å². The molecule has 0 bridgehead atoms. The Kier molecular flexibility index (Phi) is 7.37. The molecule has 8 aromatic rings. The van der Waals surface area contributed by atoms with Crippen LogP contribution in [0.5, 0.6) is 0 Å². The number of hydrogen-bond donors (Lipinski definition) is 0. The van der Waals surface area contributed by atoms with Crippen molar-refractivity contribution in [1.82, 2.24) is 19.9 Å². The van der Waals surface area contributed by atoms with Crippen LogP contribution in [0, 0.1) is 0 Å². The molecule has 10 rings (SSSR count). The van der Waals surface area contributed by atoms with E-state index in [9.17, 15) is 0 Å². The first-order chi connectivity index (χ1) is 26.3. The third-order valence-corrected chi connectivity index (χ3v) is 14.4. The highest BCUT2D eigenvalue weighted by molar-refractivity contribution is 7.12. The molecule has 0 aliphatic carbocycles. The van der Waals surface area contributed by atoms with Gasteiger partial charge in [-0.15, -0.1) is 0 Å². The van der Waals surface area contributed by atoms with E-state index in [4.69, 9.17) is 19.9 Å². The Labute approximate surface area is 309 Å². The molecule has 0 unspecified atom stereocenters. The van der Waals surface area contributed by atoms with Gasteiger partial charge in [-0.3, -0.25) is 9.97 Å². The van der Waals surface area contributed by atoms with Gasteiger partial charge in [0, 0.05) is 34.6 Å². The van der Waals surface area contributed by atoms with Crippen LogP contribution in [0.25, 0.3) is 45.0 Å². The fourth-order valence-electron chi connectivity index (χ4n) is 7.89. The normalized spacial score (nSPS) is 14.0. The molecule has 1 spiro atoms. The van der Waals surface area contributed by atoms with Crippen molar-refractivity contribution < 1.29 is 0 Å². The number of nitrogens with zero attached hydrogens (tertiary/aromatic N) is 6. The molecule has 7 heteroatoms. The average Bonchev–Trinajstić information content (AvgIpc) is 3.73. The molecule has 0 saturated carbocycles. The Bertz CT molecular complexity index is 2450. The first-order valence-corrected chi connectivity index (χ1v) is 19.6. The fourth-order valence-corrected chi connectivity index (χ4v) is 12.9. The maximum atomic E-state index is 5.51. The molecule has 4 aromatic heterocycles. The lowest BCUT2D eigenvalue weighted by atomic mass is 10.0. The Morgan fingerprint density at radius 3 is 1.11 bits per heavy atom. The summed E-state index contributed by atoms with van der Waals surface area (Å²) in [5.74, 6) is 1.64. The zero-order valence-electron chi connectivity index (χ0n) is 28.7. The minimum Gasteiger partial charge on any atom is -0.323 e. The minimum absolute atomic E-state index is 0.821. The third-order valence-electron chi connectivity index (χ3n) is 10.0. The van der Waals surface area contributed by atoms with Crippen molar-refractivity contribution in [2.45, 2.75) is 0 Å². The zero-order valence-corrected chi connectivity index (χ0v) is 29.7. The number of fused-ring (bicyclic) bond motifs is 5. The smallest absolute Gasteiger partial charge is 0.323 e. The molecule has 0 N–H and O–H groups in total. The van der Waals surface area contributed by atoms with Gasteiger partial charge in [0.1, 0.15) is 11.6 Å². The molecule has 250 valence electrons. The topological polar surface area (TPSA) is 58.0 Å². The maximum Gasteiger partial charge on any atom is 0.381 e. The highest BCUT2D eigenvalue weighted by Crippen LogP contribution is 2.50. The monoisotopic (exact) mass is 696 g/mol. The standard InChI is InChI=1S/C46H32N6Si/c1-5-17-33(18-6-1)39-27-13-29-41(49-39)51-43(35-21-9-3-10-22-35)44(36-23-11-4-12-24-36)52(42-30-14-28-40(50-42)34-19-7-2-8-20-34)53(51)45-37(25-15-31-47-45)38-26-16-32-48-46(38)53/h1-32H. The van der Waals surface area contributed by atoms with Crippen LogP contribution in [0.2, 0.25) is 0 Å². The van der Waals surface area contributed by atoms with E-state index in [2.05, 4.69) is 167 Å². The molecule has 0 saturated heterocycles. The van der Waals surface area contributed by atoms with E-state index in [1.165, 1.54) is 0 Å². The second-order valence-electron chi connectivity index (χ2n) is 13.1. The summed E-state index contributed by atoms with van der Waals surface area (Å²) < 4.78 is 5.00. The van der Waals surface area contributed by atoms with Gasteiger partial charge in [-0.05, 0) is 47.5 Å². The summed E-state index contributed by atoms with van der Waals surface area (Å²) in [5.41, 5.74) is 10.2. The van der Waals surface area contributed by atoms with Gasteiger partial charge in [-0.2, -0.15) is 0 Å². The molecule has 0 radical (unpaired) electrons. The van der Waals surface area contributed by atoms with E-state index in [1.54, 1.807) is 0 Å². The highest BCUT2D eigenvalue weighted by Gasteiger charge is 2.66. The Morgan fingerprint density at radius 1 is 0.340 bits per heavy atom. The van der Waals surface area contributed by atoms with Crippen LogP contribution in [0.1, 0.15) is 11.1 Å². The highest BCUT2D eigenvalue weighted by atomic mass is 28.3. The molecule has 53 heavy (non-hydrogen) atoms. The summed E-state index contributed by atoms with van der Waals surface area (Å²) in [6.45, 7) is 0. The van der Waals surface area contributed by atoms with E-state index >= 15 is 0 Å². The Morgan fingerprint density at radius 2 is 0.717 bits per heavy atom. The molecule has 2 aliphatic heterocycles. The third kappa shape index (κ3) is 4.86. The van der Waals surface area contributed by atoms with E-state index in [0.717, 1.165) is 78.4 Å². The number of anilines is 2. The zero-order chi connectivity index (χ0) is 35.2. The number of benzene rings is 4. The summed E-state index contributed by atoms with van der Waals surface area (Å²) in [4.78, 5) is 21.7. The quantitative estimate of drug-likeness (QED) is 0.162. The lowest BCUT2D eigenvalue weighted by Crippen LogP contribution is -2.76. The van der Waals surface area contributed by atoms with Crippen molar-refractivity contribution >= 4 is 42.1 Å². The summed E-state index contributed by atoms with van der Waals surface area (Å²) >= 11 is 0. The SMILES string of the molecule is c1ccc(C2=C(c3ccccc3)N(c3cccc(-c4ccccc4)n3)[Si]3(c4ncccc4-c4cccnc43)N2c2cccc(-c3ccccc3)n2)cc1. The Hall–Kier alpha value is -6.96. The number of rotatable bonds is 6. The summed E-state index contributed by atoms with van der Waals surface area (Å²) in [6, 6.07) is 63.2. The molecule has 0 fully saturated rings. The van der Waals surface area contributed by atoms with Crippen molar-refractivity contribution in [2.75, 3.05) is 9.13 Å². The van der Waals surface area contributed by atoms with Gasteiger partial charge in [-0.25, -0.2) is 9.97 Å². The van der Waals surface area contributed by atoms with Crippen LogP contribution in [0.4, 0.5) is 11.6 Å². The van der Waals surface area contributed by atoms with Crippen LogP contribution in [0.3, 0.4) is 0 Å². The van der Waals surface area contributed by atoms with Crippen molar-refractivity contribution in [3.05, 3.63) is 206 Å². The van der Waals surface area contributed by atoms with Gasteiger partial charge in [0.2, 0.25) is 0 Å².